The van der Waals surface area contributed by atoms with Gasteiger partial charge in [0.05, 0.1) is 6.54 Å². The fourth-order valence-corrected chi connectivity index (χ4v) is 3.74. The summed E-state index contributed by atoms with van der Waals surface area (Å²) in [6.07, 6.45) is 6.24. The van der Waals surface area contributed by atoms with E-state index in [4.69, 9.17) is 0 Å². The summed E-state index contributed by atoms with van der Waals surface area (Å²) < 4.78 is 2.59. The highest BCUT2D eigenvalue weighted by molar-refractivity contribution is 5.80. The summed E-state index contributed by atoms with van der Waals surface area (Å²) in [5, 5.41) is 18.7. The van der Waals surface area contributed by atoms with Crippen LogP contribution in [-0.2, 0) is 13.0 Å². The van der Waals surface area contributed by atoms with Crippen molar-refractivity contribution in [2.24, 2.45) is 0 Å². The summed E-state index contributed by atoms with van der Waals surface area (Å²) in [7, 11) is 0. The Morgan fingerprint density at radius 3 is 2.53 bits per heavy atom. The Hall–Kier alpha value is -4.14. The fourth-order valence-electron chi connectivity index (χ4n) is 3.74. The van der Waals surface area contributed by atoms with Gasteiger partial charge >= 0.3 is 5.69 Å². The van der Waals surface area contributed by atoms with E-state index in [9.17, 15) is 9.59 Å². The third kappa shape index (κ3) is 4.93. The van der Waals surface area contributed by atoms with Gasteiger partial charge in [-0.3, -0.25) is 9.36 Å². The minimum atomic E-state index is -0.396. The summed E-state index contributed by atoms with van der Waals surface area (Å²) in [6.45, 7) is 4.26. The summed E-state index contributed by atoms with van der Waals surface area (Å²) in [5.74, 6) is 0.834. The lowest BCUT2D eigenvalue weighted by molar-refractivity contribution is 0.0878. The van der Waals surface area contributed by atoms with Gasteiger partial charge in [0.25, 0.3) is 5.91 Å². The van der Waals surface area contributed by atoms with E-state index < -0.39 is 5.69 Å². The molecule has 0 saturated carbocycles. The van der Waals surface area contributed by atoms with Crippen LogP contribution in [0.5, 0.6) is 0 Å². The first-order valence-corrected chi connectivity index (χ1v) is 11.4. The highest BCUT2D eigenvalue weighted by Crippen LogP contribution is 2.29. The highest BCUT2D eigenvalue weighted by Gasteiger charge is 2.18. The zero-order chi connectivity index (χ0) is 23.9. The molecule has 2 aromatic heterocycles. The Morgan fingerprint density at radius 1 is 1.09 bits per heavy atom. The Kier molecular flexibility index (Phi) is 7.22. The first kappa shape index (κ1) is 23.0. The van der Waals surface area contributed by atoms with Gasteiger partial charge in [0.2, 0.25) is 5.82 Å². The molecule has 9 nitrogen and oxygen atoms in total. The summed E-state index contributed by atoms with van der Waals surface area (Å²) in [5.41, 5.74) is 3.39. The van der Waals surface area contributed by atoms with Crippen molar-refractivity contribution in [3.05, 3.63) is 82.6 Å². The van der Waals surface area contributed by atoms with Gasteiger partial charge in [-0.15, -0.1) is 20.0 Å². The number of benzene rings is 2. The molecular weight excluding hydrogens is 430 g/mol. The SMILES string of the molecule is C/C=C/Cc1nn(C(=O)CCCC)c(=O)n1Cc1ccc(-c2ccccc2-c2nn[nH]n2)cc1. The molecule has 4 rings (SSSR count). The molecular formula is C25H27N7O2. The first-order chi connectivity index (χ1) is 16.6. The predicted octanol–water partition coefficient (Wildman–Crippen LogP) is 3.89. The maximum atomic E-state index is 13.0. The van der Waals surface area contributed by atoms with Gasteiger partial charge in [-0.1, -0.05) is 74.0 Å². The van der Waals surface area contributed by atoms with E-state index in [1.165, 1.54) is 0 Å². The van der Waals surface area contributed by atoms with Gasteiger partial charge < -0.3 is 0 Å². The van der Waals surface area contributed by atoms with Crippen LogP contribution in [0.1, 0.15) is 49.3 Å². The summed E-state index contributed by atoms with van der Waals surface area (Å²) >= 11 is 0. The second-order valence-corrected chi connectivity index (χ2v) is 7.95. The van der Waals surface area contributed by atoms with Crippen LogP contribution in [0.2, 0.25) is 0 Å². The maximum absolute atomic E-state index is 13.0. The molecule has 34 heavy (non-hydrogen) atoms. The lowest BCUT2D eigenvalue weighted by Crippen LogP contribution is -2.30. The molecule has 0 atom stereocenters. The van der Waals surface area contributed by atoms with Crippen molar-refractivity contribution in [1.82, 2.24) is 35.0 Å². The molecule has 0 radical (unpaired) electrons. The van der Waals surface area contributed by atoms with Crippen molar-refractivity contribution in [1.29, 1.82) is 0 Å². The van der Waals surface area contributed by atoms with Crippen LogP contribution in [-0.4, -0.2) is 40.9 Å². The van der Waals surface area contributed by atoms with Crippen molar-refractivity contribution < 1.29 is 4.79 Å². The lowest BCUT2D eigenvalue weighted by Gasteiger charge is -2.09. The van der Waals surface area contributed by atoms with Crippen LogP contribution in [0, 0.1) is 0 Å². The van der Waals surface area contributed by atoms with Crippen LogP contribution in [0.3, 0.4) is 0 Å². The summed E-state index contributed by atoms with van der Waals surface area (Å²) in [6, 6.07) is 15.8. The van der Waals surface area contributed by atoms with E-state index >= 15 is 0 Å². The van der Waals surface area contributed by atoms with Gasteiger partial charge in [-0.25, -0.2) is 4.79 Å². The molecule has 0 aliphatic carbocycles. The molecule has 0 spiro atoms. The van der Waals surface area contributed by atoms with Crippen molar-refractivity contribution in [2.45, 2.75) is 46.1 Å². The van der Waals surface area contributed by atoms with E-state index in [0.717, 1.165) is 39.8 Å². The number of H-pyrrole nitrogens is 1. The van der Waals surface area contributed by atoms with E-state index in [2.05, 4.69) is 25.7 Å². The van der Waals surface area contributed by atoms with Crippen molar-refractivity contribution in [3.8, 4) is 22.5 Å². The average molecular weight is 458 g/mol. The number of allylic oxidation sites excluding steroid dienone is 2. The first-order valence-electron chi connectivity index (χ1n) is 11.4. The summed E-state index contributed by atoms with van der Waals surface area (Å²) in [4.78, 5) is 25.5. The number of nitrogens with zero attached hydrogens (tertiary/aromatic N) is 6. The van der Waals surface area contributed by atoms with E-state index in [1.807, 2.05) is 74.5 Å². The number of aromatic amines is 1. The van der Waals surface area contributed by atoms with E-state index in [-0.39, 0.29) is 5.91 Å². The normalized spacial score (nSPS) is 11.4. The fraction of sp³-hybridized carbons (Fsp3) is 0.280. The quantitative estimate of drug-likeness (QED) is 0.382. The van der Waals surface area contributed by atoms with Crippen molar-refractivity contribution in [3.63, 3.8) is 0 Å². The van der Waals surface area contributed by atoms with E-state index in [1.54, 1.807) is 4.57 Å². The molecule has 4 aromatic rings. The standard InChI is InChI=1S/C25H27N7O2/c1-3-5-11-22-28-32(23(33)12-6-4-2)25(34)31(22)17-18-13-15-19(16-14-18)20-9-7-8-10-21(20)24-26-29-30-27-24/h3,5,7-10,13-16H,4,6,11-12,17H2,1-2H3,(H,26,27,29,30)/b5-3+. The third-order valence-corrected chi connectivity index (χ3v) is 5.57. The van der Waals surface area contributed by atoms with Crippen LogP contribution in [0.4, 0.5) is 0 Å². The average Bonchev–Trinajstić information content (AvgIpc) is 3.51. The molecule has 0 unspecified atom stereocenters. The van der Waals surface area contributed by atoms with Gasteiger partial charge in [-0.05, 0) is 35.2 Å². The van der Waals surface area contributed by atoms with E-state index in [0.29, 0.717) is 31.0 Å². The molecule has 174 valence electrons. The maximum Gasteiger partial charge on any atom is 0.353 e. The number of carbonyl (C=O) groups excluding carboxylic acids is 1. The van der Waals surface area contributed by atoms with Gasteiger partial charge in [0.15, 0.2) is 0 Å². The van der Waals surface area contributed by atoms with Crippen LogP contribution >= 0.6 is 0 Å². The molecule has 2 heterocycles. The monoisotopic (exact) mass is 457 g/mol. The predicted molar refractivity (Wildman–Crippen MR) is 129 cm³/mol. The molecule has 0 saturated heterocycles. The number of unbranched alkanes of at least 4 members (excludes halogenated alkanes) is 1. The number of rotatable bonds is 9. The van der Waals surface area contributed by atoms with Gasteiger partial charge in [0, 0.05) is 18.4 Å². The second kappa shape index (κ2) is 10.7. The van der Waals surface area contributed by atoms with Crippen molar-refractivity contribution >= 4 is 5.91 Å². The molecule has 0 bridgehead atoms. The smallest absolute Gasteiger partial charge is 0.274 e. The largest absolute Gasteiger partial charge is 0.353 e. The Morgan fingerprint density at radius 2 is 1.85 bits per heavy atom. The molecule has 2 aromatic carbocycles. The van der Waals surface area contributed by atoms with Crippen LogP contribution in [0.25, 0.3) is 22.5 Å². The molecule has 0 amide bonds. The van der Waals surface area contributed by atoms with Crippen LogP contribution in [0.15, 0.2) is 65.5 Å². The van der Waals surface area contributed by atoms with Crippen LogP contribution < -0.4 is 5.69 Å². The molecule has 0 aliphatic heterocycles. The zero-order valence-corrected chi connectivity index (χ0v) is 19.3. The second-order valence-electron chi connectivity index (χ2n) is 7.95. The molecule has 0 aliphatic rings. The van der Waals surface area contributed by atoms with Gasteiger partial charge in [0.1, 0.15) is 5.82 Å². The number of aromatic nitrogens is 7. The lowest BCUT2D eigenvalue weighted by atomic mass is 9.98. The highest BCUT2D eigenvalue weighted by atomic mass is 16.2. The van der Waals surface area contributed by atoms with Gasteiger partial charge in [-0.2, -0.15) is 5.21 Å². The number of tetrazole rings is 1. The molecule has 1 N–H and O–H groups in total. The molecule has 9 heteroatoms. The Bertz CT molecular complexity index is 1330. The zero-order valence-electron chi connectivity index (χ0n) is 19.3. The number of carbonyl (C=O) groups is 1. The number of hydrogen-bond acceptors (Lipinski definition) is 6. The number of hydrogen-bond donors (Lipinski definition) is 1. The third-order valence-electron chi connectivity index (χ3n) is 5.57. The minimum absolute atomic E-state index is 0.263. The topological polar surface area (TPSA) is 111 Å². The Labute approximate surface area is 197 Å². The minimum Gasteiger partial charge on any atom is -0.274 e. The number of nitrogens with one attached hydrogen (secondary N) is 1. The Balaban J connectivity index is 1.62. The van der Waals surface area contributed by atoms with Crippen molar-refractivity contribution in [2.75, 3.05) is 0 Å². The molecule has 0 fully saturated rings.